The zero-order chi connectivity index (χ0) is 14.9. The molecule has 0 bridgehead atoms. The molecule has 2 nitrogen and oxygen atoms in total. The lowest BCUT2D eigenvalue weighted by molar-refractivity contribution is 0.549. The lowest BCUT2D eigenvalue weighted by atomic mass is 10.1. The highest BCUT2D eigenvalue weighted by Crippen LogP contribution is 2.28. The molecule has 0 saturated heterocycles. The van der Waals surface area contributed by atoms with Crippen LogP contribution in [0, 0.1) is 17.5 Å². The topological polar surface area (TPSA) is 38.0 Å². The SMILES string of the molecule is NC(=S)c1ccc(Br)cc1Nc1c(F)cc(F)cc1F. The van der Waals surface area contributed by atoms with Crippen molar-refractivity contribution < 1.29 is 13.2 Å². The monoisotopic (exact) mass is 360 g/mol. The summed E-state index contributed by atoms with van der Waals surface area (Å²) < 4.78 is 40.8. The average Bonchev–Trinajstić information content (AvgIpc) is 2.33. The predicted molar refractivity (Wildman–Crippen MR) is 79.6 cm³/mol. The Hall–Kier alpha value is -1.60. The van der Waals surface area contributed by atoms with Crippen LogP contribution in [0.4, 0.5) is 24.5 Å². The number of nitrogens with two attached hydrogens (primary N) is 1. The van der Waals surface area contributed by atoms with Crippen molar-refractivity contribution in [2.75, 3.05) is 5.32 Å². The van der Waals surface area contributed by atoms with Gasteiger partial charge < -0.3 is 11.1 Å². The highest BCUT2D eigenvalue weighted by atomic mass is 79.9. The lowest BCUT2D eigenvalue weighted by Gasteiger charge is -2.13. The third-order valence-electron chi connectivity index (χ3n) is 2.51. The Morgan fingerprint density at radius 1 is 1.10 bits per heavy atom. The smallest absolute Gasteiger partial charge is 0.152 e. The van der Waals surface area contributed by atoms with Crippen LogP contribution >= 0.6 is 28.1 Å². The van der Waals surface area contributed by atoms with E-state index in [1.54, 1.807) is 18.2 Å². The van der Waals surface area contributed by atoms with Gasteiger partial charge in [0, 0.05) is 27.9 Å². The molecule has 0 heterocycles. The lowest BCUT2D eigenvalue weighted by Crippen LogP contribution is -2.12. The first-order chi connectivity index (χ1) is 9.38. The van der Waals surface area contributed by atoms with E-state index in [0.29, 0.717) is 27.9 Å². The maximum absolute atomic E-state index is 13.6. The number of hydrogen-bond acceptors (Lipinski definition) is 2. The van der Waals surface area contributed by atoms with E-state index >= 15 is 0 Å². The van der Waals surface area contributed by atoms with E-state index in [1.807, 2.05) is 0 Å². The third-order valence-corrected chi connectivity index (χ3v) is 3.23. The molecule has 0 aliphatic heterocycles. The maximum atomic E-state index is 13.6. The van der Waals surface area contributed by atoms with Gasteiger partial charge in [0.25, 0.3) is 0 Å². The first-order valence-electron chi connectivity index (χ1n) is 5.39. The van der Waals surface area contributed by atoms with E-state index in [1.165, 1.54) is 0 Å². The van der Waals surface area contributed by atoms with Gasteiger partial charge in [0.05, 0.1) is 0 Å². The molecular weight excluding hydrogens is 353 g/mol. The quantitative estimate of drug-likeness (QED) is 0.803. The van der Waals surface area contributed by atoms with Crippen molar-refractivity contribution in [3.63, 3.8) is 0 Å². The second kappa shape index (κ2) is 5.80. The van der Waals surface area contributed by atoms with Crippen LogP contribution in [0.25, 0.3) is 0 Å². The molecule has 2 aromatic carbocycles. The van der Waals surface area contributed by atoms with Gasteiger partial charge in [-0.25, -0.2) is 13.2 Å². The van der Waals surface area contributed by atoms with Crippen LogP contribution in [0.3, 0.4) is 0 Å². The molecule has 2 rings (SSSR count). The van der Waals surface area contributed by atoms with Crippen LogP contribution in [0.2, 0.25) is 0 Å². The van der Waals surface area contributed by atoms with Gasteiger partial charge in [-0.2, -0.15) is 0 Å². The van der Waals surface area contributed by atoms with Crippen LogP contribution < -0.4 is 11.1 Å². The maximum Gasteiger partial charge on any atom is 0.152 e. The Balaban J connectivity index is 2.50. The van der Waals surface area contributed by atoms with Crippen molar-refractivity contribution in [3.8, 4) is 0 Å². The molecule has 0 aliphatic rings. The summed E-state index contributed by atoms with van der Waals surface area (Å²) in [5.41, 5.74) is 5.82. The summed E-state index contributed by atoms with van der Waals surface area (Å²) in [4.78, 5) is 0.0722. The van der Waals surface area contributed by atoms with Crippen LogP contribution in [0.5, 0.6) is 0 Å². The van der Waals surface area contributed by atoms with E-state index in [2.05, 4.69) is 21.2 Å². The van der Waals surface area contributed by atoms with Gasteiger partial charge >= 0.3 is 0 Å². The second-order valence-corrected chi connectivity index (χ2v) is 5.28. The summed E-state index contributed by atoms with van der Waals surface area (Å²) in [6, 6.07) is 6.04. The molecule has 20 heavy (non-hydrogen) atoms. The van der Waals surface area contributed by atoms with Crippen molar-refractivity contribution in [1.82, 2.24) is 0 Å². The minimum atomic E-state index is -1.05. The fraction of sp³-hybridized carbons (Fsp3) is 0. The molecular formula is C13H8BrF3N2S. The molecule has 0 unspecified atom stereocenters. The Labute approximate surface area is 126 Å². The van der Waals surface area contributed by atoms with Gasteiger partial charge in [-0.15, -0.1) is 0 Å². The largest absolute Gasteiger partial charge is 0.389 e. The number of benzene rings is 2. The number of halogens is 4. The minimum absolute atomic E-state index is 0.0722. The van der Waals surface area contributed by atoms with Gasteiger partial charge in [-0.05, 0) is 18.2 Å². The molecule has 3 N–H and O–H groups in total. The summed E-state index contributed by atoms with van der Waals surface area (Å²) in [6.45, 7) is 0. The summed E-state index contributed by atoms with van der Waals surface area (Å²) in [5.74, 6) is -3.08. The van der Waals surface area contributed by atoms with Crippen LogP contribution in [-0.4, -0.2) is 4.99 Å². The van der Waals surface area contributed by atoms with Crippen molar-refractivity contribution >= 4 is 44.5 Å². The first kappa shape index (κ1) is 14.8. The van der Waals surface area contributed by atoms with Gasteiger partial charge in [0.1, 0.15) is 16.5 Å². The summed E-state index contributed by atoms with van der Waals surface area (Å²) >= 11 is 8.11. The van der Waals surface area contributed by atoms with E-state index in [0.717, 1.165) is 0 Å². The first-order valence-corrected chi connectivity index (χ1v) is 6.59. The molecule has 0 fully saturated rings. The molecule has 2 aromatic rings. The fourth-order valence-electron chi connectivity index (χ4n) is 1.63. The zero-order valence-electron chi connectivity index (χ0n) is 9.88. The van der Waals surface area contributed by atoms with E-state index < -0.39 is 23.1 Å². The number of rotatable bonds is 3. The average molecular weight is 361 g/mol. The minimum Gasteiger partial charge on any atom is -0.389 e. The Kier molecular flexibility index (Phi) is 4.29. The van der Waals surface area contributed by atoms with Crippen LogP contribution in [0.1, 0.15) is 5.56 Å². The molecule has 0 atom stereocenters. The van der Waals surface area contributed by atoms with Crippen LogP contribution in [0.15, 0.2) is 34.8 Å². The number of hydrogen-bond donors (Lipinski definition) is 2. The second-order valence-electron chi connectivity index (χ2n) is 3.92. The number of anilines is 2. The van der Waals surface area contributed by atoms with Crippen molar-refractivity contribution in [1.29, 1.82) is 0 Å². The third kappa shape index (κ3) is 3.10. The summed E-state index contributed by atoms with van der Waals surface area (Å²) in [7, 11) is 0. The Bertz CT molecular complexity index is 668. The van der Waals surface area contributed by atoms with Crippen molar-refractivity contribution in [3.05, 3.63) is 57.8 Å². The fourth-order valence-corrected chi connectivity index (χ4v) is 2.17. The molecule has 0 amide bonds. The highest BCUT2D eigenvalue weighted by Gasteiger charge is 2.14. The number of nitrogens with one attached hydrogen (secondary N) is 1. The van der Waals surface area contributed by atoms with E-state index in [-0.39, 0.29) is 4.99 Å². The van der Waals surface area contributed by atoms with Gasteiger partial charge in [-0.3, -0.25) is 0 Å². The van der Waals surface area contributed by atoms with Crippen molar-refractivity contribution in [2.45, 2.75) is 0 Å². The van der Waals surface area contributed by atoms with Crippen molar-refractivity contribution in [2.24, 2.45) is 5.73 Å². The Morgan fingerprint density at radius 3 is 2.25 bits per heavy atom. The number of thiocarbonyl (C=S) groups is 1. The molecule has 0 saturated carbocycles. The van der Waals surface area contributed by atoms with Gasteiger partial charge in [0.2, 0.25) is 0 Å². The van der Waals surface area contributed by atoms with Gasteiger partial charge in [-0.1, -0.05) is 28.1 Å². The molecule has 0 spiro atoms. The Morgan fingerprint density at radius 2 is 1.70 bits per heavy atom. The molecule has 0 aliphatic carbocycles. The molecule has 0 radical (unpaired) electrons. The van der Waals surface area contributed by atoms with E-state index in [4.69, 9.17) is 18.0 Å². The van der Waals surface area contributed by atoms with E-state index in [9.17, 15) is 13.2 Å². The van der Waals surface area contributed by atoms with Gasteiger partial charge in [0.15, 0.2) is 11.6 Å². The normalized spacial score (nSPS) is 10.4. The highest BCUT2D eigenvalue weighted by molar-refractivity contribution is 9.10. The summed E-state index contributed by atoms with van der Waals surface area (Å²) in [5, 5.41) is 2.54. The van der Waals surface area contributed by atoms with Crippen LogP contribution in [-0.2, 0) is 0 Å². The predicted octanol–water partition coefficient (Wildman–Crippen LogP) is 4.24. The summed E-state index contributed by atoms with van der Waals surface area (Å²) in [6.07, 6.45) is 0. The molecule has 104 valence electrons. The molecule has 0 aromatic heterocycles. The zero-order valence-corrected chi connectivity index (χ0v) is 12.3. The standard InChI is InChI=1S/C13H8BrF3N2S/c14-6-1-2-8(13(18)20)11(3-6)19-12-9(16)4-7(15)5-10(12)17/h1-5,19H,(H2,18,20). The molecule has 7 heteroatoms.